The molecule has 0 saturated heterocycles. The van der Waals surface area contributed by atoms with E-state index in [2.05, 4.69) is 21.2 Å². The van der Waals surface area contributed by atoms with Crippen LogP contribution in [0.3, 0.4) is 0 Å². The molecule has 0 aliphatic heterocycles. The van der Waals surface area contributed by atoms with E-state index < -0.39 is 0 Å². The summed E-state index contributed by atoms with van der Waals surface area (Å²) in [6.45, 7) is 0. The minimum absolute atomic E-state index is 0.113. The van der Waals surface area contributed by atoms with E-state index in [-0.39, 0.29) is 18.1 Å². The number of para-hydroxylation sites is 1. The first-order valence-electron chi connectivity index (χ1n) is 5.58. The molecule has 0 aliphatic carbocycles. The number of rotatable bonds is 3. The third-order valence-electron chi connectivity index (χ3n) is 2.55. The fraction of sp³-hybridized carbons (Fsp3) is 0.0714. The topological polar surface area (TPSA) is 49.3 Å². The van der Waals surface area contributed by atoms with Crippen LogP contribution in [0.4, 0.5) is 5.69 Å². The maximum absolute atomic E-state index is 11.9. The first kappa shape index (κ1) is 13.9. The van der Waals surface area contributed by atoms with Gasteiger partial charge < -0.3 is 10.4 Å². The standard InChI is InChI=1S/C14H11BrClNO2/c15-11-8-10(16)5-6-12(11)17-14(19)7-9-3-1-2-4-13(9)18/h1-6,8,18H,7H2,(H,17,19). The average molecular weight is 341 g/mol. The Morgan fingerprint density at radius 2 is 2.00 bits per heavy atom. The zero-order chi connectivity index (χ0) is 13.8. The lowest BCUT2D eigenvalue weighted by atomic mass is 10.1. The third kappa shape index (κ3) is 3.72. The summed E-state index contributed by atoms with van der Waals surface area (Å²) in [7, 11) is 0. The van der Waals surface area contributed by atoms with E-state index in [1.54, 1.807) is 42.5 Å². The second kappa shape index (κ2) is 6.08. The minimum atomic E-state index is -0.204. The molecule has 2 aromatic carbocycles. The summed E-state index contributed by atoms with van der Waals surface area (Å²) in [6.07, 6.45) is 0.113. The number of carbonyl (C=O) groups is 1. The average Bonchev–Trinajstić information content (AvgIpc) is 2.36. The molecule has 0 radical (unpaired) electrons. The van der Waals surface area contributed by atoms with E-state index in [0.717, 1.165) is 0 Å². The number of benzene rings is 2. The zero-order valence-corrected chi connectivity index (χ0v) is 12.2. The summed E-state index contributed by atoms with van der Waals surface area (Å²) in [5, 5.41) is 13.0. The number of anilines is 1. The predicted octanol–water partition coefficient (Wildman–Crippen LogP) is 3.99. The van der Waals surface area contributed by atoms with Crippen LogP contribution in [-0.4, -0.2) is 11.0 Å². The normalized spacial score (nSPS) is 10.2. The van der Waals surface area contributed by atoms with Crippen molar-refractivity contribution in [2.45, 2.75) is 6.42 Å². The SMILES string of the molecule is O=C(Cc1ccccc1O)Nc1ccc(Cl)cc1Br. The number of halogens is 2. The molecule has 3 nitrogen and oxygen atoms in total. The van der Waals surface area contributed by atoms with Gasteiger partial charge in [-0.3, -0.25) is 4.79 Å². The minimum Gasteiger partial charge on any atom is -0.508 e. The van der Waals surface area contributed by atoms with Crippen LogP contribution in [0, 0.1) is 0 Å². The van der Waals surface area contributed by atoms with Gasteiger partial charge in [0, 0.05) is 15.1 Å². The van der Waals surface area contributed by atoms with Crippen molar-refractivity contribution in [2.24, 2.45) is 0 Å². The van der Waals surface area contributed by atoms with E-state index >= 15 is 0 Å². The molecule has 5 heteroatoms. The fourth-order valence-corrected chi connectivity index (χ4v) is 2.40. The number of hydrogen-bond acceptors (Lipinski definition) is 2. The zero-order valence-electron chi connectivity index (χ0n) is 9.86. The van der Waals surface area contributed by atoms with Gasteiger partial charge in [0.05, 0.1) is 12.1 Å². The van der Waals surface area contributed by atoms with Gasteiger partial charge in [-0.25, -0.2) is 0 Å². The van der Waals surface area contributed by atoms with Gasteiger partial charge in [-0.05, 0) is 40.2 Å². The molecule has 0 heterocycles. The second-order valence-electron chi connectivity index (χ2n) is 3.98. The Hall–Kier alpha value is -1.52. The predicted molar refractivity (Wildman–Crippen MR) is 79.6 cm³/mol. The molecule has 98 valence electrons. The lowest BCUT2D eigenvalue weighted by Crippen LogP contribution is -2.14. The van der Waals surface area contributed by atoms with Crippen molar-refractivity contribution in [1.82, 2.24) is 0 Å². The molecule has 0 aromatic heterocycles. The van der Waals surface area contributed by atoms with Gasteiger partial charge in [0.25, 0.3) is 0 Å². The molecule has 1 amide bonds. The largest absolute Gasteiger partial charge is 0.508 e. The van der Waals surface area contributed by atoms with E-state index in [1.807, 2.05) is 0 Å². The van der Waals surface area contributed by atoms with Crippen molar-refractivity contribution < 1.29 is 9.90 Å². The quantitative estimate of drug-likeness (QED) is 0.887. The number of aromatic hydroxyl groups is 1. The molecule has 0 bridgehead atoms. The first-order chi connectivity index (χ1) is 9.06. The highest BCUT2D eigenvalue weighted by atomic mass is 79.9. The molecule has 0 spiro atoms. The molecule has 2 aromatic rings. The Morgan fingerprint density at radius 3 is 2.68 bits per heavy atom. The van der Waals surface area contributed by atoms with Crippen LogP contribution in [0.25, 0.3) is 0 Å². The number of hydrogen-bond donors (Lipinski definition) is 2. The van der Waals surface area contributed by atoms with Gasteiger partial charge in [0.15, 0.2) is 0 Å². The number of phenols is 1. The molecule has 0 saturated carbocycles. The van der Waals surface area contributed by atoms with E-state index in [1.165, 1.54) is 0 Å². The Kier molecular flexibility index (Phi) is 4.45. The van der Waals surface area contributed by atoms with Gasteiger partial charge in [-0.1, -0.05) is 29.8 Å². The fourth-order valence-electron chi connectivity index (χ4n) is 1.62. The van der Waals surface area contributed by atoms with E-state index in [4.69, 9.17) is 11.6 Å². The lowest BCUT2D eigenvalue weighted by molar-refractivity contribution is -0.115. The molecule has 0 fully saturated rings. The van der Waals surface area contributed by atoms with Gasteiger partial charge in [-0.15, -0.1) is 0 Å². The van der Waals surface area contributed by atoms with Crippen molar-refractivity contribution in [3.63, 3.8) is 0 Å². The summed E-state index contributed by atoms with van der Waals surface area (Å²) >= 11 is 9.16. The van der Waals surface area contributed by atoms with Crippen LogP contribution in [0.15, 0.2) is 46.9 Å². The molecular formula is C14H11BrClNO2. The number of amides is 1. The van der Waals surface area contributed by atoms with Gasteiger partial charge in [0.1, 0.15) is 5.75 Å². The molecule has 0 unspecified atom stereocenters. The van der Waals surface area contributed by atoms with Gasteiger partial charge >= 0.3 is 0 Å². The van der Waals surface area contributed by atoms with E-state index in [0.29, 0.717) is 20.7 Å². The van der Waals surface area contributed by atoms with Crippen LogP contribution < -0.4 is 5.32 Å². The van der Waals surface area contributed by atoms with Crippen molar-refractivity contribution in [2.75, 3.05) is 5.32 Å². The van der Waals surface area contributed by atoms with E-state index in [9.17, 15) is 9.90 Å². The van der Waals surface area contributed by atoms with Gasteiger partial charge in [-0.2, -0.15) is 0 Å². The highest BCUT2D eigenvalue weighted by Gasteiger charge is 2.09. The Balaban J connectivity index is 2.08. The van der Waals surface area contributed by atoms with Crippen LogP contribution in [-0.2, 0) is 11.2 Å². The second-order valence-corrected chi connectivity index (χ2v) is 5.27. The molecule has 2 N–H and O–H groups in total. The highest BCUT2D eigenvalue weighted by Crippen LogP contribution is 2.26. The number of nitrogens with one attached hydrogen (secondary N) is 1. The Labute approximate surface area is 124 Å². The maximum Gasteiger partial charge on any atom is 0.228 e. The molecule has 0 atom stereocenters. The Morgan fingerprint density at radius 1 is 1.26 bits per heavy atom. The molecular weight excluding hydrogens is 330 g/mol. The summed E-state index contributed by atoms with van der Waals surface area (Å²) in [5.41, 5.74) is 1.23. The van der Waals surface area contributed by atoms with Crippen molar-refractivity contribution >= 4 is 39.1 Å². The van der Waals surface area contributed by atoms with Crippen LogP contribution in [0.5, 0.6) is 5.75 Å². The monoisotopic (exact) mass is 339 g/mol. The van der Waals surface area contributed by atoms with Crippen LogP contribution in [0.1, 0.15) is 5.56 Å². The summed E-state index contributed by atoms with van der Waals surface area (Å²) in [4.78, 5) is 11.9. The van der Waals surface area contributed by atoms with Crippen LogP contribution in [0.2, 0.25) is 5.02 Å². The lowest BCUT2D eigenvalue weighted by Gasteiger charge is -2.08. The first-order valence-corrected chi connectivity index (χ1v) is 6.75. The molecule has 0 aliphatic rings. The smallest absolute Gasteiger partial charge is 0.228 e. The van der Waals surface area contributed by atoms with Crippen molar-refractivity contribution in [3.8, 4) is 5.75 Å². The van der Waals surface area contributed by atoms with Crippen molar-refractivity contribution in [3.05, 3.63) is 57.5 Å². The Bertz CT molecular complexity index is 616. The van der Waals surface area contributed by atoms with Crippen LogP contribution >= 0.6 is 27.5 Å². The summed E-state index contributed by atoms with van der Waals surface area (Å²) in [6, 6.07) is 11.9. The maximum atomic E-state index is 11.9. The number of phenolic OH excluding ortho intramolecular Hbond substituents is 1. The highest BCUT2D eigenvalue weighted by molar-refractivity contribution is 9.10. The number of carbonyl (C=O) groups excluding carboxylic acids is 1. The molecule has 19 heavy (non-hydrogen) atoms. The third-order valence-corrected chi connectivity index (χ3v) is 3.44. The van der Waals surface area contributed by atoms with Crippen molar-refractivity contribution in [1.29, 1.82) is 0 Å². The molecule has 2 rings (SSSR count). The summed E-state index contributed by atoms with van der Waals surface area (Å²) in [5.74, 6) is -0.0858. The summed E-state index contributed by atoms with van der Waals surface area (Å²) < 4.78 is 0.714. The van der Waals surface area contributed by atoms with Gasteiger partial charge in [0.2, 0.25) is 5.91 Å².